The van der Waals surface area contributed by atoms with Gasteiger partial charge in [0, 0.05) is 0 Å². The first-order chi connectivity index (χ1) is 12.8. The summed E-state index contributed by atoms with van der Waals surface area (Å²) >= 11 is 0. The molecule has 2 fully saturated rings. The third-order valence-electron chi connectivity index (χ3n) is 7.88. The molecular formula is C26H50. The van der Waals surface area contributed by atoms with Crippen LogP contribution in [0, 0.1) is 23.7 Å². The normalized spacial score (nSPS) is 29.8. The van der Waals surface area contributed by atoms with Crippen LogP contribution in [0.1, 0.15) is 142 Å². The van der Waals surface area contributed by atoms with E-state index in [2.05, 4.69) is 13.8 Å². The molecule has 26 heavy (non-hydrogen) atoms. The molecule has 0 saturated heterocycles. The molecule has 154 valence electrons. The first-order valence-corrected chi connectivity index (χ1v) is 12.8. The van der Waals surface area contributed by atoms with E-state index in [1.165, 1.54) is 70.6 Å². The van der Waals surface area contributed by atoms with E-state index in [0.29, 0.717) is 0 Å². The highest BCUT2D eigenvalue weighted by molar-refractivity contribution is 4.82. The van der Waals surface area contributed by atoms with Gasteiger partial charge in [-0.1, -0.05) is 117 Å². The molecule has 0 spiro atoms. The molecule has 0 aromatic heterocycles. The van der Waals surface area contributed by atoms with Crippen LogP contribution in [0.15, 0.2) is 0 Å². The second-order valence-corrected chi connectivity index (χ2v) is 9.97. The molecule has 0 amide bonds. The molecule has 0 aromatic rings. The Labute approximate surface area is 166 Å². The van der Waals surface area contributed by atoms with Crippen molar-refractivity contribution in [3.8, 4) is 0 Å². The van der Waals surface area contributed by atoms with Crippen molar-refractivity contribution < 1.29 is 0 Å². The minimum atomic E-state index is 1.09. The van der Waals surface area contributed by atoms with Crippen molar-refractivity contribution in [3.05, 3.63) is 0 Å². The van der Waals surface area contributed by atoms with Crippen molar-refractivity contribution in [1.82, 2.24) is 0 Å². The molecule has 0 radical (unpaired) electrons. The van der Waals surface area contributed by atoms with Crippen molar-refractivity contribution in [2.45, 2.75) is 142 Å². The Hall–Kier alpha value is 0. The van der Waals surface area contributed by atoms with Crippen LogP contribution in [-0.4, -0.2) is 0 Å². The molecule has 0 N–H and O–H groups in total. The van der Waals surface area contributed by atoms with Gasteiger partial charge in [-0.2, -0.15) is 0 Å². The maximum atomic E-state index is 2.33. The predicted molar refractivity (Wildman–Crippen MR) is 118 cm³/mol. The third-order valence-corrected chi connectivity index (χ3v) is 7.88. The minimum Gasteiger partial charge on any atom is -0.0654 e. The maximum absolute atomic E-state index is 2.33. The monoisotopic (exact) mass is 362 g/mol. The fraction of sp³-hybridized carbons (Fsp3) is 1.00. The highest BCUT2D eigenvalue weighted by atomic mass is 14.4. The lowest BCUT2D eigenvalue weighted by Gasteiger charge is -2.38. The van der Waals surface area contributed by atoms with E-state index < -0.39 is 0 Å². The van der Waals surface area contributed by atoms with Gasteiger partial charge >= 0.3 is 0 Å². The van der Waals surface area contributed by atoms with Crippen LogP contribution in [0.3, 0.4) is 0 Å². The lowest BCUT2D eigenvalue weighted by Crippen LogP contribution is -2.25. The summed E-state index contributed by atoms with van der Waals surface area (Å²) in [7, 11) is 0. The Bertz CT molecular complexity index is 304. The van der Waals surface area contributed by atoms with Crippen LogP contribution in [0.5, 0.6) is 0 Å². The Kier molecular flexibility index (Phi) is 12.1. The Morgan fingerprint density at radius 1 is 0.423 bits per heavy atom. The standard InChI is InChI=1S/C26H50/c1-3-5-7-9-10-12-14-24-17-21-26(22-18-24)25-19-15-23(16-20-25)13-11-8-6-4-2/h23-26H,3-22H2,1-2H3. The predicted octanol–water partition coefficient (Wildman–Crippen LogP) is 9.32. The molecule has 0 aliphatic heterocycles. The van der Waals surface area contributed by atoms with Crippen LogP contribution < -0.4 is 0 Å². The number of rotatable bonds is 13. The molecule has 0 unspecified atom stereocenters. The van der Waals surface area contributed by atoms with Crippen molar-refractivity contribution in [2.24, 2.45) is 23.7 Å². The smallest absolute Gasteiger partial charge is 0.0386 e. The van der Waals surface area contributed by atoms with Gasteiger partial charge < -0.3 is 0 Å². The fourth-order valence-corrected chi connectivity index (χ4v) is 5.97. The quantitative estimate of drug-likeness (QED) is 0.286. The van der Waals surface area contributed by atoms with Gasteiger partial charge in [0.05, 0.1) is 0 Å². The number of hydrogen-bond donors (Lipinski definition) is 0. The van der Waals surface area contributed by atoms with Crippen LogP contribution in [-0.2, 0) is 0 Å². The molecule has 2 aliphatic rings. The number of hydrogen-bond acceptors (Lipinski definition) is 0. The second kappa shape index (κ2) is 14.1. The van der Waals surface area contributed by atoms with Gasteiger partial charge in [-0.15, -0.1) is 0 Å². The average molecular weight is 363 g/mol. The topological polar surface area (TPSA) is 0 Å². The molecule has 0 nitrogen and oxygen atoms in total. The molecule has 0 aromatic carbocycles. The zero-order valence-electron chi connectivity index (χ0n) is 18.5. The molecule has 2 aliphatic carbocycles. The summed E-state index contributed by atoms with van der Waals surface area (Å²) in [6, 6.07) is 0. The van der Waals surface area contributed by atoms with Gasteiger partial charge in [0.1, 0.15) is 0 Å². The van der Waals surface area contributed by atoms with Crippen LogP contribution in [0.2, 0.25) is 0 Å². The maximum Gasteiger partial charge on any atom is -0.0386 e. The second-order valence-electron chi connectivity index (χ2n) is 9.97. The summed E-state index contributed by atoms with van der Waals surface area (Å²) in [5, 5.41) is 0. The van der Waals surface area contributed by atoms with E-state index >= 15 is 0 Å². The molecule has 2 saturated carbocycles. The minimum absolute atomic E-state index is 1.09. The lowest BCUT2D eigenvalue weighted by atomic mass is 9.68. The van der Waals surface area contributed by atoms with Gasteiger partial charge in [0.15, 0.2) is 0 Å². The van der Waals surface area contributed by atoms with Crippen LogP contribution in [0.25, 0.3) is 0 Å². The van der Waals surface area contributed by atoms with E-state index in [0.717, 1.165) is 23.7 Å². The largest absolute Gasteiger partial charge is 0.0654 e. The van der Waals surface area contributed by atoms with Gasteiger partial charge in [-0.05, 0) is 49.4 Å². The SMILES string of the molecule is CCCCCCCCC1CCC(C2CCC(CCCCCC)CC2)CC1. The zero-order chi connectivity index (χ0) is 18.5. The van der Waals surface area contributed by atoms with Crippen molar-refractivity contribution in [2.75, 3.05) is 0 Å². The highest BCUT2D eigenvalue weighted by Gasteiger charge is 2.30. The highest BCUT2D eigenvalue weighted by Crippen LogP contribution is 2.43. The molecule has 0 atom stereocenters. The summed E-state index contributed by atoms with van der Waals surface area (Å²) in [6.07, 6.45) is 30.3. The van der Waals surface area contributed by atoms with E-state index in [1.54, 1.807) is 57.8 Å². The summed E-state index contributed by atoms with van der Waals surface area (Å²) < 4.78 is 0. The molecule has 0 heteroatoms. The fourth-order valence-electron chi connectivity index (χ4n) is 5.97. The summed E-state index contributed by atoms with van der Waals surface area (Å²) in [6.45, 7) is 4.64. The average Bonchev–Trinajstić information content (AvgIpc) is 2.69. The molecule has 2 rings (SSSR count). The van der Waals surface area contributed by atoms with Crippen molar-refractivity contribution in [3.63, 3.8) is 0 Å². The first-order valence-electron chi connectivity index (χ1n) is 12.8. The van der Waals surface area contributed by atoms with Crippen LogP contribution >= 0.6 is 0 Å². The van der Waals surface area contributed by atoms with Gasteiger partial charge in [0.25, 0.3) is 0 Å². The summed E-state index contributed by atoms with van der Waals surface area (Å²) in [5.74, 6) is 4.40. The van der Waals surface area contributed by atoms with Gasteiger partial charge in [0.2, 0.25) is 0 Å². The molecular weight excluding hydrogens is 312 g/mol. The van der Waals surface area contributed by atoms with E-state index in [1.807, 2.05) is 0 Å². The van der Waals surface area contributed by atoms with E-state index in [4.69, 9.17) is 0 Å². The van der Waals surface area contributed by atoms with Gasteiger partial charge in [-0.25, -0.2) is 0 Å². The van der Waals surface area contributed by atoms with E-state index in [9.17, 15) is 0 Å². The Balaban J connectivity index is 1.49. The summed E-state index contributed by atoms with van der Waals surface area (Å²) in [4.78, 5) is 0. The van der Waals surface area contributed by atoms with Gasteiger partial charge in [-0.3, -0.25) is 0 Å². The molecule has 0 heterocycles. The third kappa shape index (κ3) is 8.79. The Morgan fingerprint density at radius 2 is 0.769 bits per heavy atom. The van der Waals surface area contributed by atoms with Crippen molar-refractivity contribution >= 4 is 0 Å². The lowest BCUT2D eigenvalue weighted by molar-refractivity contribution is 0.139. The molecule has 0 bridgehead atoms. The zero-order valence-corrected chi connectivity index (χ0v) is 18.5. The van der Waals surface area contributed by atoms with Crippen molar-refractivity contribution in [1.29, 1.82) is 0 Å². The van der Waals surface area contributed by atoms with Crippen LogP contribution in [0.4, 0.5) is 0 Å². The summed E-state index contributed by atoms with van der Waals surface area (Å²) in [5.41, 5.74) is 0. The number of unbranched alkanes of at least 4 members (excludes halogenated alkanes) is 8. The Morgan fingerprint density at radius 3 is 1.19 bits per heavy atom. The first kappa shape index (κ1) is 22.3. The van der Waals surface area contributed by atoms with E-state index in [-0.39, 0.29) is 0 Å².